The van der Waals surface area contributed by atoms with Gasteiger partial charge >= 0.3 is 0 Å². The molecule has 0 aliphatic carbocycles. The third-order valence-electron chi connectivity index (χ3n) is 3.08. The summed E-state index contributed by atoms with van der Waals surface area (Å²) in [5.41, 5.74) is 2.60. The maximum Gasteiger partial charge on any atom is 0.294 e. The minimum absolute atomic E-state index is 0.128. The van der Waals surface area contributed by atoms with Gasteiger partial charge in [0.2, 0.25) is 5.76 Å². The van der Waals surface area contributed by atoms with Gasteiger partial charge < -0.3 is 9.84 Å². The van der Waals surface area contributed by atoms with E-state index in [-0.39, 0.29) is 11.7 Å². The quantitative estimate of drug-likeness (QED) is 0.800. The van der Waals surface area contributed by atoms with Gasteiger partial charge in [0.1, 0.15) is 5.69 Å². The first-order valence-corrected chi connectivity index (χ1v) is 6.60. The van der Waals surface area contributed by atoms with Crippen molar-refractivity contribution in [2.75, 3.05) is 5.32 Å². The van der Waals surface area contributed by atoms with Crippen molar-refractivity contribution in [2.24, 2.45) is 0 Å². The predicted molar refractivity (Wildman–Crippen MR) is 81.0 cm³/mol. The summed E-state index contributed by atoms with van der Waals surface area (Å²) in [6.07, 6.45) is 0. The molecule has 0 saturated heterocycles. The van der Waals surface area contributed by atoms with Crippen LogP contribution < -0.4 is 5.32 Å². The standard InChI is InChI=1S/C17H11N3O2/c18-11-12-6-8-14(9-7-12)19-17(21)16-10-15(20-22-16)13-4-2-1-3-5-13/h1-10H,(H,19,21). The van der Waals surface area contributed by atoms with E-state index in [2.05, 4.69) is 10.5 Å². The Morgan fingerprint density at radius 3 is 2.50 bits per heavy atom. The van der Waals surface area contributed by atoms with E-state index >= 15 is 0 Å². The van der Waals surface area contributed by atoms with Gasteiger partial charge in [-0.05, 0) is 24.3 Å². The number of nitriles is 1. The molecule has 5 nitrogen and oxygen atoms in total. The smallest absolute Gasteiger partial charge is 0.294 e. The molecule has 3 aromatic rings. The Kier molecular flexibility index (Phi) is 3.67. The highest BCUT2D eigenvalue weighted by molar-refractivity contribution is 6.02. The summed E-state index contributed by atoms with van der Waals surface area (Å²) in [6.45, 7) is 0. The zero-order valence-electron chi connectivity index (χ0n) is 11.5. The summed E-state index contributed by atoms with van der Waals surface area (Å²) in [7, 11) is 0. The van der Waals surface area contributed by atoms with Crippen LogP contribution in [0.4, 0.5) is 5.69 Å². The van der Waals surface area contributed by atoms with Crippen LogP contribution in [0.1, 0.15) is 16.1 Å². The van der Waals surface area contributed by atoms with E-state index < -0.39 is 0 Å². The minimum atomic E-state index is -0.389. The van der Waals surface area contributed by atoms with E-state index in [1.165, 1.54) is 0 Å². The summed E-state index contributed by atoms with van der Waals surface area (Å²) in [4.78, 5) is 12.1. The van der Waals surface area contributed by atoms with Crippen molar-refractivity contribution in [1.29, 1.82) is 5.26 Å². The molecule has 22 heavy (non-hydrogen) atoms. The molecule has 0 aliphatic rings. The van der Waals surface area contributed by atoms with Crippen LogP contribution in [-0.4, -0.2) is 11.1 Å². The van der Waals surface area contributed by atoms with Gasteiger partial charge in [-0.1, -0.05) is 35.5 Å². The number of nitrogens with one attached hydrogen (secondary N) is 1. The molecule has 0 saturated carbocycles. The topological polar surface area (TPSA) is 78.9 Å². The van der Waals surface area contributed by atoms with E-state index in [1.807, 2.05) is 36.4 Å². The number of rotatable bonds is 3. The molecule has 0 aliphatic heterocycles. The van der Waals surface area contributed by atoms with Gasteiger partial charge in [0, 0.05) is 17.3 Å². The number of anilines is 1. The summed E-state index contributed by atoms with van der Waals surface area (Å²) in [6, 6.07) is 19.6. The lowest BCUT2D eigenvalue weighted by molar-refractivity contribution is 0.0988. The summed E-state index contributed by atoms with van der Waals surface area (Å²) in [5, 5.41) is 15.3. The molecule has 0 spiro atoms. The Morgan fingerprint density at radius 2 is 1.82 bits per heavy atom. The van der Waals surface area contributed by atoms with Crippen LogP contribution in [0.15, 0.2) is 65.2 Å². The van der Waals surface area contributed by atoms with E-state index in [4.69, 9.17) is 9.78 Å². The maximum absolute atomic E-state index is 12.1. The van der Waals surface area contributed by atoms with Gasteiger partial charge in [-0.3, -0.25) is 4.79 Å². The molecular formula is C17H11N3O2. The molecule has 1 N–H and O–H groups in total. The average molecular weight is 289 g/mol. The van der Waals surface area contributed by atoms with Crippen LogP contribution >= 0.6 is 0 Å². The average Bonchev–Trinajstić information content (AvgIpc) is 3.06. The molecule has 0 atom stereocenters. The molecule has 1 aromatic heterocycles. The van der Waals surface area contributed by atoms with Gasteiger partial charge in [0.25, 0.3) is 5.91 Å². The fraction of sp³-hybridized carbons (Fsp3) is 0. The molecule has 0 fully saturated rings. The van der Waals surface area contributed by atoms with Crippen molar-refractivity contribution in [2.45, 2.75) is 0 Å². The van der Waals surface area contributed by atoms with Gasteiger partial charge in [-0.25, -0.2) is 0 Å². The van der Waals surface area contributed by atoms with Crippen LogP contribution in [-0.2, 0) is 0 Å². The largest absolute Gasteiger partial charge is 0.350 e. The third-order valence-corrected chi connectivity index (χ3v) is 3.08. The van der Waals surface area contributed by atoms with Crippen molar-refractivity contribution in [3.05, 3.63) is 72.0 Å². The number of nitrogens with zero attached hydrogens (tertiary/aromatic N) is 2. The van der Waals surface area contributed by atoms with Crippen molar-refractivity contribution >= 4 is 11.6 Å². The maximum atomic E-state index is 12.1. The summed E-state index contributed by atoms with van der Waals surface area (Å²) in [5.74, 6) is -0.261. The first-order valence-electron chi connectivity index (χ1n) is 6.60. The number of benzene rings is 2. The van der Waals surface area contributed by atoms with Crippen molar-refractivity contribution in [3.8, 4) is 17.3 Å². The van der Waals surface area contributed by atoms with Crippen LogP contribution in [0.3, 0.4) is 0 Å². The Bertz CT molecular complexity index is 830. The second kappa shape index (κ2) is 5.94. The van der Waals surface area contributed by atoms with E-state index in [1.54, 1.807) is 30.3 Å². The Morgan fingerprint density at radius 1 is 1.09 bits per heavy atom. The van der Waals surface area contributed by atoms with Crippen LogP contribution in [0, 0.1) is 11.3 Å². The lowest BCUT2D eigenvalue weighted by Crippen LogP contribution is -2.10. The molecule has 0 radical (unpaired) electrons. The number of amides is 1. The molecule has 1 amide bonds. The monoisotopic (exact) mass is 289 g/mol. The molecule has 2 aromatic carbocycles. The van der Waals surface area contributed by atoms with Crippen LogP contribution in [0.25, 0.3) is 11.3 Å². The fourth-order valence-corrected chi connectivity index (χ4v) is 1.95. The van der Waals surface area contributed by atoms with Gasteiger partial charge in [0.05, 0.1) is 11.6 Å². The summed E-state index contributed by atoms with van der Waals surface area (Å²) < 4.78 is 5.08. The second-order valence-electron chi connectivity index (χ2n) is 4.59. The number of hydrogen-bond donors (Lipinski definition) is 1. The molecule has 5 heteroatoms. The normalized spacial score (nSPS) is 9.95. The molecule has 0 bridgehead atoms. The lowest BCUT2D eigenvalue weighted by Gasteiger charge is -2.01. The van der Waals surface area contributed by atoms with E-state index in [0.29, 0.717) is 16.9 Å². The first kappa shape index (κ1) is 13.6. The zero-order valence-corrected chi connectivity index (χ0v) is 11.5. The van der Waals surface area contributed by atoms with Gasteiger partial charge in [0.15, 0.2) is 0 Å². The van der Waals surface area contributed by atoms with E-state index in [0.717, 1.165) is 5.56 Å². The second-order valence-corrected chi connectivity index (χ2v) is 4.59. The highest BCUT2D eigenvalue weighted by Crippen LogP contribution is 2.19. The Balaban J connectivity index is 1.75. The summed E-state index contributed by atoms with van der Waals surface area (Å²) >= 11 is 0. The highest BCUT2D eigenvalue weighted by atomic mass is 16.5. The molecule has 1 heterocycles. The van der Waals surface area contributed by atoms with Crippen LogP contribution in [0.2, 0.25) is 0 Å². The molecule has 0 unspecified atom stereocenters. The number of carbonyl (C=O) groups excluding carboxylic acids is 1. The van der Waals surface area contributed by atoms with Crippen molar-refractivity contribution in [1.82, 2.24) is 5.16 Å². The third kappa shape index (κ3) is 2.86. The number of carbonyl (C=O) groups is 1. The van der Waals surface area contributed by atoms with Crippen molar-refractivity contribution < 1.29 is 9.32 Å². The SMILES string of the molecule is N#Cc1ccc(NC(=O)c2cc(-c3ccccc3)no2)cc1. The minimum Gasteiger partial charge on any atom is -0.350 e. The van der Waals surface area contributed by atoms with Gasteiger partial charge in [-0.2, -0.15) is 5.26 Å². The Hall–Kier alpha value is -3.39. The van der Waals surface area contributed by atoms with E-state index in [9.17, 15) is 4.79 Å². The lowest BCUT2D eigenvalue weighted by atomic mass is 10.1. The highest BCUT2D eigenvalue weighted by Gasteiger charge is 2.14. The first-order chi connectivity index (χ1) is 10.8. The number of hydrogen-bond acceptors (Lipinski definition) is 4. The predicted octanol–water partition coefficient (Wildman–Crippen LogP) is 3.47. The van der Waals surface area contributed by atoms with Crippen molar-refractivity contribution in [3.63, 3.8) is 0 Å². The molecular weight excluding hydrogens is 278 g/mol. The van der Waals surface area contributed by atoms with Gasteiger partial charge in [-0.15, -0.1) is 0 Å². The molecule has 106 valence electrons. The number of aromatic nitrogens is 1. The fourth-order valence-electron chi connectivity index (χ4n) is 1.95. The molecule has 3 rings (SSSR count). The Labute approximate surface area is 126 Å². The zero-order chi connectivity index (χ0) is 15.4. The van der Waals surface area contributed by atoms with Crippen LogP contribution in [0.5, 0.6) is 0 Å².